The fourth-order valence-corrected chi connectivity index (χ4v) is 6.43. The highest BCUT2D eigenvalue weighted by Gasteiger charge is 2.73. The highest BCUT2D eigenvalue weighted by molar-refractivity contribution is 6.30. The largest absolute Gasteiger partial charge is 0.489 e. The van der Waals surface area contributed by atoms with E-state index < -0.39 is 17.5 Å². The maximum atomic E-state index is 13.5. The minimum Gasteiger partial charge on any atom is -0.489 e. The summed E-state index contributed by atoms with van der Waals surface area (Å²) in [6.07, 6.45) is 1.73. The lowest BCUT2D eigenvalue weighted by Gasteiger charge is -2.32. The van der Waals surface area contributed by atoms with Crippen molar-refractivity contribution >= 4 is 23.2 Å². The number of hydrogen-bond donors (Lipinski definition) is 1. The minimum atomic E-state index is -1.30. The van der Waals surface area contributed by atoms with Gasteiger partial charge in [0.15, 0.2) is 5.54 Å². The van der Waals surface area contributed by atoms with Crippen molar-refractivity contribution in [3.8, 4) is 5.75 Å². The van der Waals surface area contributed by atoms with Gasteiger partial charge in [-0.15, -0.1) is 0 Å². The van der Waals surface area contributed by atoms with Gasteiger partial charge < -0.3 is 10.1 Å². The number of anilines is 1. The van der Waals surface area contributed by atoms with Gasteiger partial charge in [0, 0.05) is 33.8 Å². The first-order chi connectivity index (χ1) is 17.0. The van der Waals surface area contributed by atoms with Gasteiger partial charge in [0.2, 0.25) is 0 Å². The molecule has 4 atom stereocenters. The Kier molecular flexibility index (Phi) is 5.27. The summed E-state index contributed by atoms with van der Waals surface area (Å²) in [7, 11) is 0. The smallest absolute Gasteiger partial charge is 0.256 e. The third kappa shape index (κ3) is 3.33. The van der Waals surface area contributed by atoms with Gasteiger partial charge >= 0.3 is 0 Å². The normalized spacial score (nSPS) is 27.0. The zero-order chi connectivity index (χ0) is 24.2. The lowest BCUT2D eigenvalue weighted by atomic mass is 9.77. The zero-order valence-corrected chi connectivity index (χ0v) is 19.6. The van der Waals surface area contributed by atoms with E-state index in [9.17, 15) is 14.9 Å². The standard InChI is InChI=1S/C27H24ClN3O4/c28-19-11-7-17(8-12-19)16-35-20-13-9-18(10-14-20)24-23-6-3-15-30(23)27(25(24)31(33)34)21-4-1-2-5-22(21)29-26(27)32/h1-2,4-5,7-14,23-25H,3,6,15-16H2,(H,29,32)/t23-,24+,25-,27+/m1/s1. The molecule has 35 heavy (non-hydrogen) atoms. The average molecular weight is 490 g/mol. The van der Waals surface area contributed by atoms with E-state index in [2.05, 4.69) is 10.2 Å². The minimum absolute atomic E-state index is 0.0804. The number of rotatable bonds is 5. The molecular weight excluding hydrogens is 466 g/mol. The molecule has 3 aliphatic heterocycles. The van der Waals surface area contributed by atoms with Gasteiger partial charge in [-0.2, -0.15) is 0 Å². The van der Waals surface area contributed by atoms with Gasteiger partial charge in [-0.3, -0.25) is 19.8 Å². The molecule has 0 radical (unpaired) electrons. The molecule has 3 heterocycles. The van der Waals surface area contributed by atoms with Gasteiger partial charge in [0.25, 0.3) is 11.9 Å². The van der Waals surface area contributed by atoms with E-state index in [-0.39, 0.29) is 16.9 Å². The molecule has 0 unspecified atom stereocenters. The molecule has 2 fully saturated rings. The van der Waals surface area contributed by atoms with Crippen LogP contribution in [0.15, 0.2) is 72.8 Å². The first-order valence-electron chi connectivity index (χ1n) is 11.8. The quantitative estimate of drug-likeness (QED) is 0.404. The fraction of sp³-hybridized carbons (Fsp3) is 0.296. The molecule has 1 amide bonds. The van der Waals surface area contributed by atoms with E-state index in [1.165, 1.54) is 0 Å². The summed E-state index contributed by atoms with van der Waals surface area (Å²) >= 11 is 5.95. The molecule has 3 aliphatic rings. The van der Waals surface area contributed by atoms with E-state index in [0.29, 0.717) is 35.2 Å². The van der Waals surface area contributed by atoms with Crippen LogP contribution in [0.2, 0.25) is 5.02 Å². The van der Waals surface area contributed by atoms with Crippen molar-refractivity contribution in [2.24, 2.45) is 0 Å². The lowest BCUT2D eigenvalue weighted by molar-refractivity contribution is -0.534. The van der Waals surface area contributed by atoms with Crippen LogP contribution < -0.4 is 10.1 Å². The molecule has 6 rings (SSSR count). The number of nitrogens with one attached hydrogen (secondary N) is 1. The van der Waals surface area contributed by atoms with Gasteiger partial charge in [-0.1, -0.05) is 54.1 Å². The van der Waals surface area contributed by atoms with E-state index >= 15 is 0 Å². The van der Waals surface area contributed by atoms with Crippen LogP contribution in [-0.4, -0.2) is 34.4 Å². The van der Waals surface area contributed by atoms with Crippen LogP contribution in [0.1, 0.15) is 35.4 Å². The van der Waals surface area contributed by atoms with E-state index in [1.807, 2.05) is 72.8 Å². The predicted molar refractivity (Wildman–Crippen MR) is 132 cm³/mol. The number of ether oxygens (including phenoxy) is 1. The van der Waals surface area contributed by atoms with Gasteiger partial charge in [0.1, 0.15) is 12.4 Å². The fourth-order valence-electron chi connectivity index (χ4n) is 6.31. The molecule has 0 saturated carbocycles. The monoisotopic (exact) mass is 489 g/mol. The summed E-state index contributed by atoms with van der Waals surface area (Å²) in [5.74, 6) is -0.0197. The Morgan fingerprint density at radius 1 is 1.09 bits per heavy atom. The van der Waals surface area contributed by atoms with Gasteiger partial charge in [-0.25, -0.2) is 0 Å². The number of nitro groups is 1. The number of hydrogen-bond acceptors (Lipinski definition) is 5. The molecule has 2 saturated heterocycles. The highest BCUT2D eigenvalue weighted by atomic mass is 35.5. The third-order valence-corrected chi connectivity index (χ3v) is 7.93. The highest BCUT2D eigenvalue weighted by Crippen LogP contribution is 2.58. The second-order valence-corrected chi connectivity index (χ2v) is 9.85. The Balaban J connectivity index is 1.34. The Morgan fingerprint density at radius 3 is 2.57 bits per heavy atom. The number of carbonyl (C=O) groups excluding carboxylic acids is 1. The van der Waals surface area contributed by atoms with Crippen molar-refractivity contribution in [1.82, 2.24) is 4.90 Å². The summed E-state index contributed by atoms with van der Waals surface area (Å²) in [5.41, 5.74) is 1.94. The molecule has 3 aromatic carbocycles. The molecule has 3 aromatic rings. The molecule has 1 spiro atoms. The Hall–Kier alpha value is -3.42. The molecular formula is C27H24ClN3O4. The van der Waals surface area contributed by atoms with Crippen molar-refractivity contribution in [1.29, 1.82) is 0 Å². The number of amides is 1. The van der Waals surface area contributed by atoms with Crippen LogP contribution >= 0.6 is 11.6 Å². The van der Waals surface area contributed by atoms with Crippen LogP contribution in [0.4, 0.5) is 5.69 Å². The van der Waals surface area contributed by atoms with Crippen molar-refractivity contribution in [3.05, 3.63) is 105 Å². The third-order valence-electron chi connectivity index (χ3n) is 7.68. The number of para-hydroxylation sites is 1. The van der Waals surface area contributed by atoms with Crippen molar-refractivity contribution in [2.45, 2.75) is 43.0 Å². The SMILES string of the molecule is O=C1Nc2ccccc2[C@]12[C@H]([N+](=O)[O-])[C@@H](c1ccc(OCc3ccc(Cl)cc3)cc1)[C@H]1CCCN12. The number of fused-ring (bicyclic) bond motifs is 4. The maximum absolute atomic E-state index is 13.5. The number of carbonyl (C=O) groups is 1. The summed E-state index contributed by atoms with van der Waals surface area (Å²) < 4.78 is 5.92. The van der Waals surface area contributed by atoms with Crippen LogP contribution in [0.5, 0.6) is 5.75 Å². The number of halogens is 1. The molecule has 7 nitrogen and oxygen atoms in total. The van der Waals surface area contributed by atoms with Gasteiger partial charge in [-0.05, 0) is 54.3 Å². The van der Waals surface area contributed by atoms with Crippen molar-refractivity contribution in [3.63, 3.8) is 0 Å². The van der Waals surface area contributed by atoms with Crippen LogP contribution in [0.3, 0.4) is 0 Å². The van der Waals surface area contributed by atoms with Crippen molar-refractivity contribution < 1.29 is 14.5 Å². The summed E-state index contributed by atoms with van der Waals surface area (Å²) in [6.45, 7) is 1.06. The molecule has 0 aliphatic carbocycles. The summed E-state index contributed by atoms with van der Waals surface area (Å²) in [5, 5.41) is 16.3. The van der Waals surface area contributed by atoms with E-state index in [4.69, 9.17) is 16.3 Å². The molecule has 0 aromatic heterocycles. The molecule has 0 bridgehead atoms. The van der Waals surface area contributed by atoms with Crippen molar-refractivity contribution in [2.75, 3.05) is 11.9 Å². The Morgan fingerprint density at radius 2 is 1.83 bits per heavy atom. The maximum Gasteiger partial charge on any atom is 0.256 e. The lowest BCUT2D eigenvalue weighted by Crippen LogP contribution is -2.55. The first-order valence-corrected chi connectivity index (χ1v) is 12.2. The predicted octanol–water partition coefficient (Wildman–Crippen LogP) is 4.97. The zero-order valence-electron chi connectivity index (χ0n) is 18.9. The van der Waals surface area contributed by atoms with Crippen LogP contribution in [0.25, 0.3) is 0 Å². The topological polar surface area (TPSA) is 84.7 Å². The second kappa shape index (κ2) is 8.36. The van der Waals surface area contributed by atoms with Crippen LogP contribution in [-0.2, 0) is 16.9 Å². The summed E-state index contributed by atoms with van der Waals surface area (Å²) in [4.78, 5) is 28.0. The van der Waals surface area contributed by atoms with Gasteiger partial charge in [0.05, 0.1) is 5.92 Å². The average Bonchev–Trinajstić information content (AvgIpc) is 3.52. The summed E-state index contributed by atoms with van der Waals surface area (Å²) in [6, 6.07) is 21.2. The number of benzene rings is 3. The Bertz CT molecular complexity index is 1300. The number of nitrogens with zero attached hydrogens (tertiary/aromatic N) is 2. The van der Waals surface area contributed by atoms with E-state index in [1.54, 1.807) is 0 Å². The second-order valence-electron chi connectivity index (χ2n) is 9.41. The molecule has 1 N–H and O–H groups in total. The Labute approximate surface area is 207 Å². The first kappa shape index (κ1) is 22.1. The molecule has 178 valence electrons. The molecule has 8 heteroatoms. The van der Waals surface area contributed by atoms with Crippen LogP contribution in [0, 0.1) is 10.1 Å². The van der Waals surface area contributed by atoms with E-state index in [0.717, 1.165) is 24.0 Å².